The van der Waals surface area contributed by atoms with Crippen LogP contribution in [0.3, 0.4) is 0 Å². The highest BCUT2D eigenvalue weighted by Gasteiger charge is 2.66. The highest BCUT2D eigenvalue weighted by atomic mass is 30.1. The van der Waals surface area contributed by atoms with Gasteiger partial charge in [-0.3, -0.25) is 0 Å². The van der Waals surface area contributed by atoms with Crippen LogP contribution in [0.25, 0.3) is 0 Å². The van der Waals surface area contributed by atoms with E-state index >= 15 is 0 Å². The van der Waals surface area contributed by atoms with Crippen LogP contribution in [0.2, 0.25) is 124 Å². The molecule has 0 saturated carbocycles. The van der Waals surface area contributed by atoms with Crippen LogP contribution >= 0.6 is 0 Å². The molecule has 0 aromatic heterocycles. The lowest BCUT2D eigenvalue weighted by Gasteiger charge is -2.63. The monoisotopic (exact) mass is 556 g/mol. The Labute approximate surface area is 195 Å². The number of hydrogen-bond acceptors (Lipinski definition) is 1. The van der Waals surface area contributed by atoms with Crippen LogP contribution in [0.1, 0.15) is 0 Å². The van der Waals surface area contributed by atoms with E-state index in [1.165, 1.54) is 0 Å². The summed E-state index contributed by atoms with van der Waals surface area (Å²) >= 11 is 0. The molecule has 0 heterocycles. The molecule has 0 amide bonds. The van der Waals surface area contributed by atoms with Crippen molar-refractivity contribution in [2.24, 2.45) is 0 Å². The molecule has 0 radical (unpaired) electrons. The molecule has 0 unspecified atom stereocenters. The second kappa shape index (κ2) is 10.0. The summed E-state index contributed by atoms with van der Waals surface area (Å²) in [6.45, 7) is 50.9. The first kappa shape index (κ1) is 33.1. The quantitative estimate of drug-likeness (QED) is 0.351. The summed E-state index contributed by atoms with van der Waals surface area (Å²) < 4.78 is 0. The van der Waals surface area contributed by atoms with Crippen LogP contribution in [-0.2, 0) is 0 Å². The molecule has 0 atom stereocenters. The van der Waals surface area contributed by atoms with E-state index < -0.39 is 67.6 Å². The largest absolute Gasteiger partial charge is 0.433 e. The Hall–Kier alpha value is 1.91. The zero-order valence-corrected chi connectivity index (χ0v) is 33.4. The molecule has 0 aromatic carbocycles. The molecule has 1 nitrogen and oxygen atoms in total. The van der Waals surface area contributed by atoms with Crippen molar-refractivity contribution in [3.05, 3.63) is 0 Å². The van der Waals surface area contributed by atoms with Crippen molar-refractivity contribution in [3.8, 4) is 0 Å². The fourth-order valence-corrected chi connectivity index (χ4v) is 225. The Morgan fingerprint density at radius 2 is 0.517 bits per heavy atom. The second-order valence-corrected chi connectivity index (χ2v) is 106. The molecule has 0 aromatic rings. The number of hydrogen-bond donors (Lipinski definition) is 1. The molecule has 1 N–H and O–H groups in total. The molecule has 0 aliphatic rings. The molecule has 0 saturated heterocycles. The van der Waals surface area contributed by atoms with Crippen LogP contribution in [0.4, 0.5) is 0 Å². The predicted molar refractivity (Wildman–Crippen MR) is 168 cm³/mol. The van der Waals surface area contributed by atoms with E-state index in [1.54, 1.807) is 0 Å². The standard InChI is InChI=1S/C16H50Si8.C3H10OSi/c1-17(2)19(5,6)21(9,10)23(13,14)24(15,16)22(11,12)20(7,8)18(3)4;1-5(2,3)4/h17-18H,1-16H3;4H,1-3H3. The van der Waals surface area contributed by atoms with E-state index in [-0.39, 0.29) is 0 Å². The van der Waals surface area contributed by atoms with Crippen LogP contribution in [-0.4, -0.2) is 72.4 Å². The van der Waals surface area contributed by atoms with Crippen molar-refractivity contribution in [3.63, 3.8) is 0 Å². The van der Waals surface area contributed by atoms with E-state index in [4.69, 9.17) is 4.80 Å². The summed E-state index contributed by atoms with van der Waals surface area (Å²) in [5, 5.41) is 0. The molecule has 29 heavy (non-hydrogen) atoms. The predicted octanol–water partition coefficient (Wildman–Crippen LogP) is 6.57. The molecule has 0 fully saturated rings. The van der Waals surface area contributed by atoms with Gasteiger partial charge in [-0.15, -0.1) is 0 Å². The highest BCUT2D eigenvalue weighted by Crippen LogP contribution is 2.42. The van der Waals surface area contributed by atoms with E-state index in [1.807, 2.05) is 19.6 Å². The molecular weight excluding hydrogens is 497 g/mol. The Morgan fingerprint density at radius 1 is 0.379 bits per heavy atom. The maximum Gasteiger partial charge on any atom is 0.179 e. The zero-order valence-electron chi connectivity index (χ0n) is 24.1. The lowest BCUT2D eigenvalue weighted by molar-refractivity contribution is 0.561. The first-order valence-corrected chi connectivity index (χ1v) is 46.5. The van der Waals surface area contributed by atoms with Gasteiger partial charge in [-0.25, -0.2) is 0 Å². The molecule has 0 aliphatic heterocycles. The van der Waals surface area contributed by atoms with Crippen molar-refractivity contribution in [1.29, 1.82) is 0 Å². The van der Waals surface area contributed by atoms with Gasteiger partial charge < -0.3 is 4.80 Å². The first-order valence-electron chi connectivity index (χ1n) is 11.9. The van der Waals surface area contributed by atoms with Gasteiger partial charge in [0.25, 0.3) is 0 Å². The van der Waals surface area contributed by atoms with Gasteiger partial charge in [0.15, 0.2) is 8.32 Å². The van der Waals surface area contributed by atoms with E-state index in [2.05, 4.69) is 105 Å². The molecule has 0 spiro atoms. The van der Waals surface area contributed by atoms with Crippen molar-refractivity contribution in [2.45, 2.75) is 124 Å². The van der Waals surface area contributed by atoms with Crippen molar-refractivity contribution in [2.75, 3.05) is 0 Å². The van der Waals surface area contributed by atoms with Crippen molar-refractivity contribution >= 4 is 67.6 Å². The highest BCUT2D eigenvalue weighted by molar-refractivity contribution is 8.02. The smallest absolute Gasteiger partial charge is 0.179 e. The maximum atomic E-state index is 8.66. The minimum Gasteiger partial charge on any atom is -0.433 e. The Balaban J connectivity index is 0. The van der Waals surface area contributed by atoms with Gasteiger partial charge in [0.2, 0.25) is 0 Å². The minimum absolute atomic E-state index is 0.499. The maximum absolute atomic E-state index is 8.66. The fraction of sp³-hybridized carbons (Fsp3) is 1.00. The summed E-state index contributed by atoms with van der Waals surface area (Å²) in [6.07, 6.45) is 0. The van der Waals surface area contributed by atoms with E-state index in [9.17, 15) is 0 Å². The van der Waals surface area contributed by atoms with Gasteiger partial charge >= 0.3 is 0 Å². The van der Waals surface area contributed by atoms with E-state index in [0.29, 0.717) is 0 Å². The first-order chi connectivity index (χ1) is 12.1. The fourth-order valence-electron chi connectivity index (χ4n) is 4.62. The lowest BCUT2D eigenvalue weighted by Crippen LogP contribution is -2.90. The summed E-state index contributed by atoms with van der Waals surface area (Å²) in [7, 11) is -9.12. The molecule has 178 valence electrons. The summed E-state index contributed by atoms with van der Waals surface area (Å²) in [5.74, 6) is 0. The third-order valence-electron chi connectivity index (χ3n) is 10.8. The van der Waals surface area contributed by atoms with Gasteiger partial charge in [0.1, 0.15) is 0 Å². The van der Waals surface area contributed by atoms with Gasteiger partial charge in [0.05, 0.1) is 0 Å². The molecule has 0 bridgehead atoms. The van der Waals surface area contributed by atoms with Gasteiger partial charge in [-0.1, -0.05) is 105 Å². The molecule has 0 aliphatic carbocycles. The average molecular weight is 557 g/mol. The molecule has 0 rings (SSSR count). The van der Waals surface area contributed by atoms with Gasteiger partial charge in [-0.2, -0.15) is 0 Å². The normalized spacial score (nSPS) is 15.5. The van der Waals surface area contributed by atoms with Crippen molar-refractivity contribution in [1.82, 2.24) is 0 Å². The average Bonchev–Trinajstić information content (AvgIpc) is 2.43. The topological polar surface area (TPSA) is 20.2 Å². The number of rotatable bonds is 7. The summed E-state index contributed by atoms with van der Waals surface area (Å²) in [6, 6.07) is 0. The van der Waals surface area contributed by atoms with Crippen LogP contribution in [0.5, 0.6) is 0 Å². The summed E-state index contributed by atoms with van der Waals surface area (Å²) in [4.78, 5) is 8.66. The van der Waals surface area contributed by atoms with Gasteiger partial charge in [-0.05, 0) is 19.6 Å². The lowest BCUT2D eigenvalue weighted by atomic mass is 11.8. The van der Waals surface area contributed by atoms with Crippen LogP contribution in [0.15, 0.2) is 0 Å². The minimum atomic E-state index is -1.61. The van der Waals surface area contributed by atoms with Crippen molar-refractivity contribution < 1.29 is 4.80 Å². The molecular formula is C19H60OSi9. The van der Waals surface area contributed by atoms with Crippen LogP contribution in [0, 0.1) is 0 Å². The summed E-state index contributed by atoms with van der Waals surface area (Å²) in [5.41, 5.74) is 0. The van der Waals surface area contributed by atoms with E-state index in [0.717, 1.165) is 0 Å². The zero-order chi connectivity index (χ0) is 24.7. The third-order valence-corrected chi connectivity index (χ3v) is 178. The Kier molecular flexibility index (Phi) is 11.5. The second-order valence-electron chi connectivity index (χ2n) is 14.4. The molecule has 10 heteroatoms. The Morgan fingerprint density at radius 3 is 0.621 bits per heavy atom. The Bertz CT molecular complexity index is 482. The van der Waals surface area contributed by atoms with Crippen LogP contribution < -0.4 is 0 Å². The third kappa shape index (κ3) is 6.71. The SMILES string of the molecule is C[SiH](C)[Si](C)(C)[Si](C)(C)[Si](C)(C)[Si](C)(C)[Si](C)(C)[Si](C)(C)[SiH](C)C.C[Si](C)(C)O. The van der Waals surface area contributed by atoms with Gasteiger partial charge in [0, 0.05) is 59.3 Å².